The standard InChI is InChI=1S/C15H15ClN2O2/c16-14-8-7-13(20-14)15(19)18(11-5-6-11)9-10-3-1-2-4-12(10)17/h1-4,7-8,11H,5-6,9,17H2. The van der Waals surface area contributed by atoms with Crippen molar-refractivity contribution in [2.24, 2.45) is 0 Å². The summed E-state index contributed by atoms with van der Waals surface area (Å²) in [5.74, 6) is 0.138. The molecular formula is C15H15ClN2O2. The fourth-order valence-corrected chi connectivity index (χ4v) is 2.33. The van der Waals surface area contributed by atoms with Crippen molar-refractivity contribution in [3.05, 3.63) is 52.9 Å². The smallest absolute Gasteiger partial charge is 0.290 e. The summed E-state index contributed by atoms with van der Waals surface area (Å²) in [5, 5.41) is 0.225. The fourth-order valence-electron chi connectivity index (χ4n) is 2.19. The number of nitrogens with two attached hydrogens (primary N) is 1. The summed E-state index contributed by atoms with van der Waals surface area (Å²) < 4.78 is 5.22. The van der Waals surface area contributed by atoms with Gasteiger partial charge >= 0.3 is 0 Å². The van der Waals surface area contributed by atoms with Crippen molar-refractivity contribution in [3.63, 3.8) is 0 Å². The highest BCUT2D eigenvalue weighted by atomic mass is 35.5. The number of rotatable bonds is 4. The van der Waals surface area contributed by atoms with Gasteiger partial charge in [0.25, 0.3) is 5.91 Å². The summed E-state index contributed by atoms with van der Waals surface area (Å²) in [4.78, 5) is 14.3. The Morgan fingerprint density at radius 2 is 2.05 bits per heavy atom. The lowest BCUT2D eigenvalue weighted by Crippen LogP contribution is -2.32. The van der Waals surface area contributed by atoms with Gasteiger partial charge in [-0.3, -0.25) is 4.79 Å². The highest BCUT2D eigenvalue weighted by Crippen LogP contribution is 2.31. The molecule has 3 rings (SSSR count). The first kappa shape index (κ1) is 13.1. The van der Waals surface area contributed by atoms with E-state index in [4.69, 9.17) is 21.8 Å². The Morgan fingerprint density at radius 3 is 2.65 bits per heavy atom. The topological polar surface area (TPSA) is 59.5 Å². The van der Waals surface area contributed by atoms with Crippen LogP contribution in [0.1, 0.15) is 29.0 Å². The SMILES string of the molecule is Nc1ccccc1CN(C(=O)c1ccc(Cl)o1)C1CC1. The summed E-state index contributed by atoms with van der Waals surface area (Å²) in [5.41, 5.74) is 7.60. The molecule has 20 heavy (non-hydrogen) atoms. The molecule has 0 spiro atoms. The molecule has 2 aromatic rings. The van der Waals surface area contributed by atoms with Gasteiger partial charge in [-0.2, -0.15) is 0 Å². The molecule has 104 valence electrons. The monoisotopic (exact) mass is 290 g/mol. The van der Waals surface area contributed by atoms with Crippen LogP contribution in [0.5, 0.6) is 0 Å². The molecule has 1 heterocycles. The summed E-state index contributed by atoms with van der Waals surface area (Å²) in [6.45, 7) is 0.495. The first-order valence-electron chi connectivity index (χ1n) is 6.55. The number of halogens is 1. The molecule has 0 atom stereocenters. The van der Waals surface area contributed by atoms with E-state index in [1.165, 1.54) is 0 Å². The number of anilines is 1. The van der Waals surface area contributed by atoms with Crippen molar-refractivity contribution in [2.75, 3.05) is 5.73 Å². The molecule has 1 amide bonds. The predicted octanol–water partition coefficient (Wildman–Crippen LogP) is 3.32. The van der Waals surface area contributed by atoms with E-state index in [1.54, 1.807) is 17.0 Å². The maximum atomic E-state index is 12.5. The summed E-state index contributed by atoms with van der Waals surface area (Å²) in [7, 11) is 0. The highest BCUT2D eigenvalue weighted by Gasteiger charge is 2.34. The van der Waals surface area contributed by atoms with Crippen LogP contribution in [0.3, 0.4) is 0 Å². The Bertz CT molecular complexity index is 634. The van der Waals surface area contributed by atoms with Gasteiger partial charge in [-0.05, 0) is 48.2 Å². The van der Waals surface area contributed by atoms with Crippen LogP contribution >= 0.6 is 11.6 Å². The number of hydrogen-bond acceptors (Lipinski definition) is 3. The van der Waals surface area contributed by atoms with Gasteiger partial charge < -0.3 is 15.1 Å². The van der Waals surface area contributed by atoms with Gasteiger partial charge in [0, 0.05) is 18.3 Å². The molecule has 0 bridgehead atoms. The lowest BCUT2D eigenvalue weighted by Gasteiger charge is -2.22. The first-order valence-corrected chi connectivity index (χ1v) is 6.92. The number of furan rings is 1. The molecule has 1 saturated carbocycles. The second-order valence-corrected chi connectivity index (χ2v) is 5.34. The van der Waals surface area contributed by atoms with Crippen molar-refractivity contribution in [2.45, 2.75) is 25.4 Å². The number of hydrogen-bond donors (Lipinski definition) is 1. The van der Waals surface area contributed by atoms with E-state index in [9.17, 15) is 4.79 Å². The number of amides is 1. The Hall–Kier alpha value is -1.94. The lowest BCUT2D eigenvalue weighted by atomic mass is 10.1. The predicted molar refractivity (Wildman–Crippen MR) is 77.5 cm³/mol. The first-order chi connectivity index (χ1) is 9.65. The largest absolute Gasteiger partial charge is 0.440 e. The molecule has 0 radical (unpaired) electrons. The van der Waals surface area contributed by atoms with Gasteiger partial charge in [0.1, 0.15) is 0 Å². The number of benzene rings is 1. The van der Waals surface area contributed by atoms with Gasteiger partial charge in [-0.1, -0.05) is 18.2 Å². The summed E-state index contributed by atoms with van der Waals surface area (Å²) in [6.07, 6.45) is 2.04. The van der Waals surface area contributed by atoms with E-state index in [0.717, 1.165) is 18.4 Å². The quantitative estimate of drug-likeness (QED) is 0.879. The molecule has 1 aromatic heterocycles. The van der Waals surface area contributed by atoms with E-state index < -0.39 is 0 Å². The van der Waals surface area contributed by atoms with Crippen LogP contribution in [-0.4, -0.2) is 16.8 Å². The third-order valence-electron chi connectivity index (χ3n) is 3.43. The van der Waals surface area contributed by atoms with Gasteiger partial charge in [-0.25, -0.2) is 0 Å². The maximum absolute atomic E-state index is 12.5. The van der Waals surface area contributed by atoms with Gasteiger partial charge in [-0.15, -0.1) is 0 Å². The van der Waals surface area contributed by atoms with Gasteiger partial charge in [0.05, 0.1) is 0 Å². The zero-order valence-electron chi connectivity index (χ0n) is 10.9. The minimum absolute atomic E-state index is 0.136. The van der Waals surface area contributed by atoms with E-state index in [0.29, 0.717) is 12.2 Å². The Labute approximate surface area is 122 Å². The third-order valence-corrected chi connectivity index (χ3v) is 3.63. The molecule has 0 unspecified atom stereocenters. The number of nitrogen functional groups attached to an aromatic ring is 1. The molecule has 0 saturated heterocycles. The maximum Gasteiger partial charge on any atom is 0.290 e. The van der Waals surface area contributed by atoms with Crippen molar-refractivity contribution < 1.29 is 9.21 Å². The Balaban J connectivity index is 1.83. The fraction of sp³-hybridized carbons (Fsp3) is 0.267. The minimum Gasteiger partial charge on any atom is -0.440 e. The average Bonchev–Trinajstić information content (AvgIpc) is 3.18. The lowest BCUT2D eigenvalue weighted by molar-refractivity contribution is 0.0698. The molecule has 2 N–H and O–H groups in total. The van der Waals surface area contributed by atoms with Gasteiger partial charge in [0.15, 0.2) is 11.0 Å². The van der Waals surface area contributed by atoms with Crippen LogP contribution in [0.2, 0.25) is 5.22 Å². The van der Waals surface area contributed by atoms with Crippen LogP contribution in [0.15, 0.2) is 40.8 Å². The number of nitrogens with zero attached hydrogens (tertiary/aromatic N) is 1. The van der Waals surface area contributed by atoms with E-state index in [-0.39, 0.29) is 22.9 Å². The van der Waals surface area contributed by atoms with E-state index >= 15 is 0 Å². The van der Waals surface area contributed by atoms with Crippen molar-refractivity contribution in [1.29, 1.82) is 0 Å². The second kappa shape index (κ2) is 5.21. The highest BCUT2D eigenvalue weighted by molar-refractivity contribution is 6.29. The molecule has 1 fully saturated rings. The Kier molecular flexibility index (Phi) is 3.40. The third kappa shape index (κ3) is 2.65. The average molecular weight is 291 g/mol. The normalized spacial score (nSPS) is 14.2. The van der Waals surface area contributed by atoms with E-state index in [2.05, 4.69) is 0 Å². The van der Waals surface area contributed by atoms with E-state index in [1.807, 2.05) is 24.3 Å². The summed E-state index contributed by atoms with van der Waals surface area (Å²) >= 11 is 5.73. The van der Waals surface area contributed by atoms with Crippen molar-refractivity contribution in [3.8, 4) is 0 Å². The van der Waals surface area contributed by atoms with Crippen LogP contribution in [0.25, 0.3) is 0 Å². The zero-order chi connectivity index (χ0) is 14.1. The molecule has 5 heteroatoms. The Morgan fingerprint density at radius 1 is 1.30 bits per heavy atom. The van der Waals surface area contributed by atoms with Crippen LogP contribution in [0.4, 0.5) is 5.69 Å². The molecule has 1 aromatic carbocycles. The molecular weight excluding hydrogens is 276 g/mol. The summed E-state index contributed by atoms with van der Waals surface area (Å²) in [6, 6.07) is 11.0. The molecule has 0 aliphatic heterocycles. The van der Waals surface area contributed by atoms with Gasteiger partial charge in [0.2, 0.25) is 0 Å². The van der Waals surface area contributed by atoms with Crippen LogP contribution < -0.4 is 5.73 Å². The molecule has 4 nitrogen and oxygen atoms in total. The number of carbonyl (C=O) groups excluding carboxylic acids is 1. The number of carbonyl (C=O) groups is 1. The second-order valence-electron chi connectivity index (χ2n) is 4.97. The van der Waals surface area contributed by atoms with Crippen molar-refractivity contribution >= 4 is 23.2 Å². The zero-order valence-corrected chi connectivity index (χ0v) is 11.6. The number of para-hydroxylation sites is 1. The molecule has 1 aliphatic carbocycles. The molecule has 1 aliphatic rings. The minimum atomic E-state index is -0.136. The van der Waals surface area contributed by atoms with Crippen LogP contribution in [0, 0.1) is 0 Å². The van der Waals surface area contributed by atoms with Crippen LogP contribution in [-0.2, 0) is 6.54 Å². The van der Waals surface area contributed by atoms with Crippen molar-refractivity contribution in [1.82, 2.24) is 4.90 Å².